The van der Waals surface area contributed by atoms with Crippen molar-refractivity contribution in [3.8, 4) is 0 Å². The third-order valence-corrected chi connectivity index (χ3v) is 3.70. The van der Waals surface area contributed by atoms with Crippen molar-refractivity contribution in [2.45, 2.75) is 25.5 Å². The second-order valence-corrected chi connectivity index (χ2v) is 6.10. The number of aliphatic hydroxyl groups is 1. The number of benzene rings is 1. The van der Waals surface area contributed by atoms with E-state index >= 15 is 0 Å². The van der Waals surface area contributed by atoms with Gasteiger partial charge in [-0.15, -0.1) is 0 Å². The highest BCUT2D eigenvalue weighted by Gasteiger charge is 2.28. The minimum Gasteiger partial charge on any atom is -0.390 e. The van der Waals surface area contributed by atoms with Gasteiger partial charge in [-0.25, -0.2) is 0 Å². The molecule has 1 atom stereocenters. The van der Waals surface area contributed by atoms with Crippen molar-refractivity contribution in [2.24, 2.45) is 0 Å². The first-order valence-corrected chi connectivity index (χ1v) is 6.70. The van der Waals surface area contributed by atoms with Crippen LogP contribution >= 0.6 is 15.9 Å². The van der Waals surface area contributed by atoms with E-state index in [4.69, 9.17) is 0 Å². The largest absolute Gasteiger partial charge is 0.390 e. The average Bonchev–Trinajstić information content (AvgIpc) is 2.38. The SMILES string of the molecule is CC1(C)CN(c2ccccc2Br)CC(O)CN1. The highest BCUT2D eigenvalue weighted by molar-refractivity contribution is 9.10. The summed E-state index contributed by atoms with van der Waals surface area (Å²) >= 11 is 3.57. The molecule has 0 radical (unpaired) electrons. The predicted molar refractivity (Wildman–Crippen MR) is 74.4 cm³/mol. The van der Waals surface area contributed by atoms with Gasteiger partial charge in [-0.2, -0.15) is 0 Å². The molecule has 1 unspecified atom stereocenters. The zero-order valence-corrected chi connectivity index (χ0v) is 11.9. The molecule has 17 heavy (non-hydrogen) atoms. The maximum atomic E-state index is 9.92. The van der Waals surface area contributed by atoms with Crippen molar-refractivity contribution in [3.63, 3.8) is 0 Å². The Labute approximate surface area is 111 Å². The fraction of sp³-hybridized carbons (Fsp3) is 0.538. The number of rotatable bonds is 1. The van der Waals surface area contributed by atoms with Crippen LogP contribution in [0.1, 0.15) is 13.8 Å². The summed E-state index contributed by atoms with van der Waals surface area (Å²) in [4.78, 5) is 2.23. The summed E-state index contributed by atoms with van der Waals surface area (Å²) in [6.07, 6.45) is -0.330. The van der Waals surface area contributed by atoms with Gasteiger partial charge in [0.05, 0.1) is 11.8 Å². The first-order valence-electron chi connectivity index (χ1n) is 5.90. The molecule has 1 aromatic carbocycles. The monoisotopic (exact) mass is 298 g/mol. The van der Waals surface area contributed by atoms with Crippen LogP contribution < -0.4 is 10.2 Å². The molecule has 0 spiro atoms. The number of hydrogen-bond acceptors (Lipinski definition) is 3. The summed E-state index contributed by atoms with van der Waals surface area (Å²) in [5, 5.41) is 13.3. The van der Waals surface area contributed by atoms with Gasteiger partial charge in [0, 0.05) is 29.6 Å². The smallest absolute Gasteiger partial charge is 0.0839 e. The van der Waals surface area contributed by atoms with Gasteiger partial charge in [-0.1, -0.05) is 12.1 Å². The van der Waals surface area contributed by atoms with E-state index < -0.39 is 0 Å². The number of β-amino-alcohol motifs (C(OH)–C–C–N with tert-alkyl or cyclic N) is 1. The van der Waals surface area contributed by atoms with Crippen molar-refractivity contribution >= 4 is 21.6 Å². The van der Waals surface area contributed by atoms with Crippen molar-refractivity contribution in [3.05, 3.63) is 28.7 Å². The van der Waals surface area contributed by atoms with Gasteiger partial charge in [0.1, 0.15) is 0 Å². The molecule has 1 fully saturated rings. The lowest BCUT2D eigenvalue weighted by Gasteiger charge is -2.32. The van der Waals surface area contributed by atoms with Gasteiger partial charge in [-0.05, 0) is 41.9 Å². The number of halogens is 1. The summed E-state index contributed by atoms with van der Waals surface area (Å²) in [6, 6.07) is 8.15. The number of nitrogens with zero attached hydrogens (tertiary/aromatic N) is 1. The first-order chi connectivity index (χ1) is 7.98. The van der Waals surface area contributed by atoms with Gasteiger partial charge in [0.25, 0.3) is 0 Å². The second kappa shape index (κ2) is 4.96. The van der Waals surface area contributed by atoms with Crippen molar-refractivity contribution in [1.82, 2.24) is 5.32 Å². The quantitative estimate of drug-likeness (QED) is 0.832. The van der Waals surface area contributed by atoms with E-state index in [0.29, 0.717) is 13.1 Å². The Kier molecular flexibility index (Phi) is 3.76. The Morgan fingerprint density at radius 3 is 2.82 bits per heavy atom. The molecule has 1 aliphatic rings. The van der Waals surface area contributed by atoms with Gasteiger partial charge in [-0.3, -0.25) is 0 Å². The Balaban J connectivity index is 2.27. The standard InChI is InChI=1S/C13H19BrN2O/c1-13(2)9-16(8-10(17)7-15-13)12-6-4-3-5-11(12)14/h3-6,10,15,17H,7-9H2,1-2H3. The molecule has 0 aromatic heterocycles. The zero-order chi connectivity index (χ0) is 12.5. The fourth-order valence-corrected chi connectivity index (χ4v) is 2.74. The molecule has 2 N–H and O–H groups in total. The van der Waals surface area contributed by atoms with Crippen LogP contribution in [0.2, 0.25) is 0 Å². The normalized spacial score (nSPS) is 24.5. The van der Waals surface area contributed by atoms with Crippen LogP contribution in [-0.4, -0.2) is 36.4 Å². The summed E-state index contributed by atoms with van der Waals surface area (Å²) < 4.78 is 1.07. The molecular weight excluding hydrogens is 280 g/mol. The van der Waals surface area contributed by atoms with E-state index in [9.17, 15) is 5.11 Å². The Morgan fingerprint density at radius 1 is 1.41 bits per heavy atom. The van der Waals surface area contributed by atoms with Gasteiger partial charge in [0.15, 0.2) is 0 Å². The molecule has 4 heteroatoms. The molecular formula is C13H19BrN2O. The first kappa shape index (κ1) is 12.9. The molecule has 2 rings (SSSR count). The molecule has 0 amide bonds. The van der Waals surface area contributed by atoms with Gasteiger partial charge in [0.2, 0.25) is 0 Å². The lowest BCUT2D eigenvalue weighted by atomic mass is 10.1. The van der Waals surface area contributed by atoms with Crippen LogP contribution in [0.3, 0.4) is 0 Å². The van der Waals surface area contributed by atoms with E-state index in [2.05, 4.69) is 46.1 Å². The van der Waals surface area contributed by atoms with E-state index in [0.717, 1.165) is 16.7 Å². The number of nitrogens with one attached hydrogen (secondary N) is 1. The molecule has 1 saturated heterocycles. The Bertz CT molecular complexity index is 395. The summed E-state index contributed by atoms with van der Waals surface area (Å²) in [6.45, 7) is 6.52. The topological polar surface area (TPSA) is 35.5 Å². The molecule has 1 heterocycles. The number of hydrogen-bond donors (Lipinski definition) is 2. The second-order valence-electron chi connectivity index (χ2n) is 5.25. The van der Waals surface area contributed by atoms with Crippen LogP contribution in [-0.2, 0) is 0 Å². The Hall–Kier alpha value is -0.580. The molecule has 3 nitrogen and oxygen atoms in total. The van der Waals surface area contributed by atoms with E-state index in [1.165, 1.54) is 0 Å². The molecule has 1 aliphatic heterocycles. The van der Waals surface area contributed by atoms with Gasteiger partial charge < -0.3 is 15.3 Å². The van der Waals surface area contributed by atoms with Crippen molar-refractivity contribution in [1.29, 1.82) is 0 Å². The third-order valence-electron chi connectivity index (χ3n) is 3.03. The van der Waals surface area contributed by atoms with Crippen LogP contribution in [0.4, 0.5) is 5.69 Å². The summed E-state index contributed by atoms with van der Waals surface area (Å²) in [7, 11) is 0. The van der Waals surface area contributed by atoms with E-state index in [-0.39, 0.29) is 11.6 Å². The minimum atomic E-state index is -0.330. The molecule has 0 bridgehead atoms. The number of para-hydroxylation sites is 1. The average molecular weight is 299 g/mol. The maximum Gasteiger partial charge on any atom is 0.0839 e. The van der Waals surface area contributed by atoms with E-state index in [1.807, 2.05) is 18.2 Å². The van der Waals surface area contributed by atoms with Crippen LogP contribution in [0, 0.1) is 0 Å². The lowest BCUT2D eigenvalue weighted by molar-refractivity contribution is 0.179. The summed E-state index contributed by atoms with van der Waals surface area (Å²) in [5.74, 6) is 0. The Morgan fingerprint density at radius 2 is 2.12 bits per heavy atom. The molecule has 94 valence electrons. The number of anilines is 1. The minimum absolute atomic E-state index is 0.00671. The molecule has 1 aromatic rings. The molecule has 0 saturated carbocycles. The zero-order valence-electron chi connectivity index (χ0n) is 10.3. The molecule has 0 aliphatic carbocycles. The van der Waals surface area contributed by atoms with Crippen molar-refractivity contribution in [2.75, 3.05) is 24.5 Å². The van der Waals surface area contributed by atoms with Crippen LogP contribution in [0.25, 0.3) is 0 Å². The third kappa shape index (κ3) is 3.21. The van der Waals surface area contributed by atoms with Crippen molar-refractivity contribution < 1.29 is 5.11 Å². The highest BCUT2D eigenvalue weighted by Crippen LogP contribution is 2.28. The predicted octanol–water partition coefficient (Wildman–Crippen LogP) is 2.00. The van der Waals surface area contributed by atoms with E-state index in [1.54, 1.807) is 0 Å². The maximum absolute atomic E-state index is 9.92. The fourth-order valence-electron chi connectivity index (χ4n) is 2.20. The lowest BCUT2D eigenvalue weighted by Crippen LogP contribution is -2.46. The highest BCUT2D eigenvalue weighted by atomic mass is 79.9. The van der Waals surface area contributed by atoms with Crippen LogP contribution in [0.5, 0.6) is 0 Å². The number of aliphatic hydroxyl groups excluding tert-OH is 1. The van der Waals surface area contributed by atoms with Gasteiger partial charge >= 0.3 is 0 Å². The summed E-state index contributed by atoms with van der Waals surface area (Å²) in [5.41, 5.74) is 1.15. The van der Waals surface area contributed by atoms with Crippen LogP contribution in [0.15, 0.2) is 28.7 Å².